The molecule has 2 saturated carbocycles. The van der Waals surface area contributed by atoms with Gasteiger partial charge in [-0.3, -0.25) is 4.79 Å². The van der Waals surface area contributed by atoms with Gasteiger partial charge in [-0.05, 0) is 141 Å². The molecule has 0 radical (unpaired) electrons. The number of allylic oxidation sites excluding steroid dienone is 2. The second kappa shape index (κ2) is 23.7. The minimum absolute atomic E-state index is 0. The molecule has 10 rings (SSSR count). The SMILES string of the molecule is C.C.C[C@]12Cc3cnn(-c4ccc(F)cc4)c3C=C1CCC[C@]2(F)C=O.C[C@]12Cc3cnn(-c4ccc(F)cc4)c3C=C1CCC[C@]2(F)[C@@H](O)c1ccc(F)cc1.Fc1cc[c-]cc1.[Br-].[H-].[K+].[Mg+2]. The molecule has 346 valence electrons. The minimum atomic E-state index is -1.90. The van der Waals surface area contributed by atoms with Crippen molar-refractivity contribution in [3.8, 4) is 11.4 Å². The largest absolute Gasteiger partial charge is 2.00 e. The fraction of sp³-hybridized carbons (Fsp3) is 0.327. The predicted molar refractivity (Wildman–Crippen MR) is 245 cm³/mol. The summed E-state index contributed by atoms with van der Waals surface area (Å²) >= 11 is 0. The number of rotatable bonds is 5. The van der Waals surface area contributed by atoms with Gasteiger partial charge in [0.1, 0.15) is 29.2 Å². The summed E-state index contributed by atoms with van der Waals surface area (Å²) in [6, 6.07) is 26.1. The zero-order valence-electron chi connectivity index (χ0n) is 37.4. The number of hydrogen-bond donors (Lipinski definition) is 1. The molecule has 0 bridgehead atoms. The van der Waals surface area contributed by atoms with Crippen molar-refractivity contribution in [2.75, 3.05) is 0 Å². The number of benzene rings is 4. The summed E-state index contributed by atoms with van der Waals surface area (Å²) < 4.78 is 87.1. The van der Waals surface area contributed by atoms with Gasteiger partial charge in [0.25, 0.3) is 0 Å². The van der Waals surface area contributed by atoms with Gasteiger partial charge in [-0.1, -0.05) is 52.0 Å². The Morgan fingerprint density at radius 3 is 1.51 bits per heavy atom. The summed E-state index contributed by atoms with van der Waals surface area (Å²) in [6.45, 7) is 3.70. The first-order valence-electron chi connectivity index (χ1n) is 20.7. The van der Waals surface area contributed by atoms with Gasteiger partial charge in [-0.2, -0.15) is 28.4 Å². The van der Waals surface area contributed by atoms with E-state index in [1.54, 1.807) is 46.0 Å². The Morgan fingerprint density at radius 2 is 1.07 bits per heavy atom. The Labute approximate surface area is 460 Å². The third-order valence-electron chi connectivity index (χ3n) is 13.3. The van der Waals surface area contributed by atoms with Crippen molar-refractivity contribution in [1.29, 1.82) is 0 Å². The number of halogens is 7. The third-order valence-corrected chi connectivity index (χ3v) is 13.3. The van der Waals surface area contributed by atoms with Crippen molar-refractivity contribution in [3.05, 3.63) is 178 Å². The predicted octanol–water partition coefficient (Wildman–Crippen LogP) is 6.41. The molecule has 5 atom stereocenters. The van der Waals surface area contributed by atoms with Crippen LogP contribution in [0.1, 0.15) is 103 Å². The minimum Gasteiger partial charge on any atom is -1.00 e. The Balaban J connectivity index is 0.000000385. The summed E-state index contributed by atoms with van der Waals surface area (Å²) in [4.78, 5) is 11.5. The molecule has 0 spiro atoms. The van der Waals surface area contributed by atoms with Crippen LogP contribution >= 0.6 is 0 Å². The second-order valence-corrected chi connectivity index (χ2v) is 17.0. The Morgan fingerprint density at radius 1 is 0.672 bits per heavy atom. The number of aliphatic hydroxyl groups is 1. The number of fused-ring (bicyclic) bond motifs is 4. The molecule has 0 saturated heterocycles. The van der Waals surface area contributed by atoms with Crippen LogP contribution in [0.25, 0.3) is 23.5 Å². The van der Waals surface area contributed by atoms with Gasteiger partial charge in [0, 0.05) is 16.6 Å². The van der Waals surface area contributed by atoms with E-state index in [0.717, 1.165) is 57.9 Å². The van der Waals surface area contributed by atoms with Crippen molar-refractivity contribution in [2.24, 2.45) is 10.8 Å². The van der Waals surface area contributed by atoms with Crippen LogP contribution in [0.3, 0.4) is 0 Å². The van der Waals surface area contributed by atoms with Gasteiger partial charge in [-0.25, -0.2) is 35.7 Å². The van der Waals surface area contributed by atoms with Crippen molar-refractivity contribution in [1.82, 2.24) is 19.6 Å². The zero-order valence-corrected chi connectivity index (χ0v) is 42.5. The van der Waals surface area contributed by atoms with Crippen LogP contribution in [-0.4, -0.2) is 65.3 Å². The third kappa shape index (κ3) is 11.3. The molecule has 4 aromatic carbocycles. The zero-order chi connectivity index (χ0) is 43.9. The van der Waals surface area contributed by atoms with E-state index < -0.39 is 34.1 Å². The normalized spacial score (nSPS) is 23.2. The van der Waals surface area contributed by atoms with Gasteiger partial charge in [0.15, 0.2) is 12.0 Å². The molecule has 4 aliphatic rings. The molecular formula is C52H54BrF6KMgN4O2. The summed E-state index contributed by atoms with van der Waals surface area (Å²) in [6.07, 6.45) is 10.6. The smallest absolute Gasteiger partial charge is 1.00 e. The Kier molecular flexibility index (Phi) is 20.5. The van der Waals surface area contributed by atoms with E-state index in [1.807, 2.05) is 26.0 Å². The summed E-state index contributed by atoms with van der Waals surface area (Å²) in [5.74, 6) is -1.25. The first-order valence-corrected chi connectivity index (χ1v) is 20.7. The van der Waals surface area contributed by atoms with Crippen LogP contribution in [-0.2, 0) is 17.6 Å². The number of nitrogens with zero attached hydrogens (tertiary/aromatic N) is 4. The van der Waals surface area contributed by atoms with Gasteiger partial charge in [-0.15, -0.1) is 12.1 Å². The fourth-order valence-electron chi connectivity index (χ4n) is 9.63. The van der Waals surface area contributed by atoms with E-state index in [-0.39, 0.29) is 138 Å². The van der Waals surface area contributed by atoms with Crippen LogP contribution in [0, 0.1) is 40.2 Å². The van der Waals surface area contributed by atoms with Gasteiger partial charge in [0.05, 0.1) is 35.2 Å². The number of hydrogen-bond acceptors (Lipinski definition) is 4. The van der Waals surface area contributed by atoms with E-state index >= 15 is 8.78 Å². The van der Waals surface area contributed by atoms with Crippen molar-refractivity contribution < 1.29 is 106 Å². The van der Waals surface area contributed by atoms with Crippen molar-refractivity contribution >= 4 is 41.5 Å². The summed E-state index contributed by atoms with van der Waals surface area (Å²) in [7, 11) is 0. The molecule has 4 aliphatic carbocycles. The number of alkyl halides is 2. The van der Waals surface area contributed by atoms with E-state index in [1.165, 1.54) is 72.8 Å². The number of aliphatic hydroxyl groups excluding tert-OH is 1. The Bertz CT molecular complexity index is 2660. The quantitative estimate of drug-likeness (QED) is 0.0940. The molecule has 0 aliphatic heterocycles. The molecule has 15 heteroatoms. The molecule has 0 unspecified atom stereocenters. The van der Waals surface area contributed by atoms with Crippen LogP contribution in [0.15, 0.2) is 121 Å². The van der Waals surface area contributed by atoms with E-state index in [4.69, 9.17) is 0 Å². The van der Waals surface area contributed by atoms with Crippen LogP contribution < -0.4 is 68.4 Å². The maximum absolute atomic E-state index is 16.7. The monoisotopic (exact) mass is 1020 g/mol. The number of aromatic nitrogens is 4. The average Bonchev–Trinajstić information content (AvgIpc) is 3.87. The fourth-order valence-corrected chi connectivity index (χ4v) is 9.63. The molecule has 0 amide bonds. The molecular weight excluding hydrogens is 970 g/mol. The molecule has 2 fully saturated rings. The molecule has 2 heterocycles. The van der Waals surface area contributed by atoms with Crippen molar-refractivity contribution in [2.45, 2.75) is 97.5 Å². The molecule has 67 heavy (non-hydrogen) atoms. The molecule has 1 N–H and O–H groups in total. The van der Waals surface area contributed by atoms with Gasteiger partial charge >= 0.3 is 74.4 Å². The number of carbonyl (C=O) groups excluding carboxylic acids is 1. The topological polar surface area (TPSA) is 72.9 Å². The second-order valence-electron chi connectivity index (χ2n) is 17.0. The molecule has 6 nitrogen and oxygen atoms in total. The van der Waals surface area contributed by atoms with Crippen LogP contribution in [0.4, 0.5) is 26.3 Å². The Hall–Kier alpha value is -3.13. The van der Waals surface area contributed by atoms with Crippen LogP contribution in [0.2, 0.25) is 0 Å². The van der Waals surface area contributed by atoms with Gasteiger partial charge in [0.2, 0.25) is 0 Å². The molecule has 6 aromatic rings. The van der Waals surface area contributed by atoms with E-state index in [9.17, 15) is 27.5 Å². The first-order chi connectivity index (χ1) is 29.7. The summed E-state index contributed by atoms with van der Waals surface area (Å²) in [5, 5.41) is 19.9. The number of carbonyl (C=O) groups is 1. The van der Waals surface area contributed by atoms with E-state index in [0.29, 0.717) is 37.5 Å². The summed E-state index contributed by atoms with van der Waals surface area (Å²) in [5.41, 5.74) is 1.85. The average molecular weight is 1020 g/mol. The van der Waals surface area contributed by atoms with E-state index in [2.05, 4.69) is 16.3 Å². The standard InChI is InChI=1S/C25H23F3N2O.C19H18F2N2O.C6H4F.2CH4.BrH.K.Mg.H/c1-24-14-17-15-29-30(21-10-8-20(27)9-11-21)22(17)13-18(24)3-2-12-25(24,28)23(31)16-4-6-19(26)7-5-16;1-18-10-13-11-22-23(16-6-4-15(20)5-7-16)17(13)9-14(18)3-2-8-19(18,21)12-24;7-6-4-2-1-3-5-6;;;;;;/h4-11,13,15,23,31H,2-3,12,14H2,1H3;4-7,9,11-12H,2-3,8,10H2,1H3;2-5H;2*1H4;1H;;;/q;;-1;;;;+1;+2;-1/p-1/t23-,24-,25-;18-,19-;;;;;;;/m00......./s1. The first kappa shape index (κ1) is 58.2. The number of aldehydes is 1. The van der Waals surface area contributed by atoms with Gasteiger partial charge < -0.3 is 23.5 Å². The maximum Gasteiger partial charge on any atom is 2.00 e. The van der Waals surface area contributed by atoms with Crippen LogP contribution in [0.5, 0.6) is 0 Å². The maximum atomic E-state index is 16.7. The molecule has 2 aromatic heterocycles. The van der Waals surface area contributed by atoms with Crippen molar-refractivity contribution in [3.63, 3.8) is 0 Å².